The van der Waals surface area contributed by atoms with Crippen LogP contribution in [0.1, 0.15) is 49.8 Å². The highest BCUT2D eigenvalue weighted by Crippen LogP contribution is 2.46. The number of azo groups is 4. The quantitative estimate of drug-likeness (QED) is 0.00977. The number of carbonyl (C=O) groups is 2. The van der Waals surface area contributed by atoms with E-state index in [2.05, 4.69) is 56.5 Å². The van der Waals surface area contributed by atoms with Gasteiger partial charge in [-0.3, -0.25) is 36.8 Å². The van der Waals surface area contributed by atoms with E-state index in [1.807, 2.05) is 6.07 Å². The predicted molar refractivity (Wildman–Crippen MR) is 336 cm³/mol. The number of benzene rings is 5. The minimum absolute atomic E-state index is 0.0154. The van der Waals surface area contributed by atoms with Crippen molar-refractivity contribution in [2.24, 2.45) is 40.9 Å². The van der Waals surface area contributed by atoms with Crippen molar-refractivity contribution in [3.8, 4) is 23.4 Å². The fourth-order valence-corrected chi connectivity index (χ4v) is 13.4. The van der Waals surface area contributed by atoms with E-state index in [0.29, 0.717) is 5.56 Å². The van der Waals surface area contributed by atoms with Crippen molar-refractivity contribution in [3.05, 3.63) is 89.5 Å². The molecule has 2 aromatic heterocycles. The van der Waals surface area contributed by atoms with E-state index in [1.54, 1.807) is 6.92 Å². The molecule has 0 saturated heterocycles. The number of ether oxygens (including phenoxy) is 2. The molecule has 0 unspecified atom stereocenters. The van der Waals surface area contributed by atoms with Gasteiger partial charge in [-0.25, -0.2) is 4.98 Å². The number of aromatic hydroxyl groups is 1. The van der Waals surface area contributed by atoms with E-state index >= 15 is 0 Å². The number of rotatable bonds is 28. The van der Waals surface area contributed by atoms with E-state index in [1.165, 1.54) is 81.4 Å². The third kappa shape index (κ3) is 19.1. The van der Waals surface area contributed by atoms with Crippen LogP contribution in [0.3, 0.4) is 0 Å². The normalized spacial score (nSPS) is 12.7. The molecule has 5 aromatic carbocycles. The molecule has 488 valence electrons. The molecular formula is C52H53N13O20S7. The zero-order valence-electron chi connectivity index (χ0n) is 48.5. The number of amides is 2. The van der Waals surface area contributed by atoms with Crippen molar-refractivity contribution < 1.29 is 89.0 Å². The first-order valence-corrected chi connectivity index (χ1v) is 35.9. The van der Waals surface area contributed by atoms with Gasteiger partial charge in [-0.05, 0) is 117 Å². The van der Waals surface area contributed by atoms with Crippen LogP contribution in [0.4, 0.5) is 56.9 Å². The SMILES string of the molecule is COc1ccc2c(nc3c(C#N)c(C)c(N=Nc4cc(C)c(N=Nc5cc(NC(C)=O)c(N=Nc6cc(NC(C)=O)c(N=Nc7ccc(S(=O)(=O)O)cc7)cc6SCCCS(=O)(=O)O)cc5SCCCS(=O)(=O)O)cc4OCCCS(=O)(=O)O)c(O)n32)c1S(=O)(=O)O. The molecule has 8 N–H and O–H groups in total. The molecule has 2 heterocycles. The molecule has 7 rings (SSSR count). The minimum atomic E-state index is -5.00. The molecule has 0 aliphatic rings. The Hall–Kier alpha value is -8.47. The van der Waals surface area contributed by atoms with Crippen molar-refractivity contribution in [2.75, 3.05) is 53.1 Å². The zero-order valence-corrected chi connectivity index (χ0v) is 54.2. The summed E-state index contributed by atoms with van der Waals surface area (Å²) in [5.41, 5.74) is -0.718. The molecule has 0 aliphatic carbocycles. The Morgan fingerprint density at radius 2 is 1.11 bits per heavy atom. The summed E-state index contributed by atoms with van der Waals surface area (Å²) in [6, 6.07) is 17.4. The van der Waals surface area contributed by atoms with Gasteiger partial charge in [0.05, 0.1) is 64.1 Å². The number of carbonyl (C=O) groups excluding carboxylic acids is 2. The van der Waals surface area contributed by atoms with Crippen LogP contribution in [0.5, 0.6) is 17.4 Å². The van der Waals surface area contributed by atoms with Crippen LogP contribution in [0, 0.1) is 25.2 Å². The maximum atomic E-state index is 12.8. The van der Waals surface area contributed by atoms with Gasteiger partial charge in [0.1, 0.15) is 57.1 Å². The van der Waals surface area contributed by atoms with Crippen molar-refractivity contribution in [2.45, 2.75) is 66.5 Å². The van der Waals surface area contributed by atoms with Gasteiger partial charge in [-0.15, -0.1) is 54.2 Å². The largest absolute Gasteiger partial charge is 0.495 e. The van der Waals surface area contributed by atoms with Crippen molar-refractivity contribution in [1.29, 1.82) is 5.26 Å². The molecule has 0 spiro atoms. The number of hydrogen-bond acceptors (Lipinski definition) is 27. The lowest BCUT2D eigenvalue weighted by Crippen LogP contribution is -2.08. The molecule has 40 heteroatoms. The summed E-state index contributed by atoms with van der Waals surface area (Å²) in [4.78, 5) is 29.0. The number of hydrogen-bond donors (Lipinski definition) is 8. The van der Waals surface area contributed by atoms with Gasteiger partial charge < -0.3 is 25.2 Å². The number of nitriles is 1. The number of aromatic nitrogens is 2. The lowest BCUT2D eigenvalue weighted by molar-refractivity contribution is -0.115. The fraction of sp³-hybridized carbons (Fsp3) is 0.269. The molecule has 2 amide bonds. The highest BCUT2D eigenvalue weighted by atomic mass is 32.2. The molecule has 7 aromatic rings. The molecule has 33 nitrogen and oxygen atoms in total. The van der Waals surface area contributed by atoms with E-state index in [-0.39, 0.29) is 143 Å². The Morgan fingerprint density at radius 1 is 0.609 bits per heavy atom. The molecular weight excluding hydrogens is 1350 g/mol. The molecule has 0 fully saturated rings. The average Bonchev–Trinajstić information content (AvgIpc) is 1.56. The molecule has 0 saturated carbocycles. The van der Waals surface area contributed by atoms with E-state index in [9.17, 15) is 84.8 Å². The van der Waals surface area contributed by atoms with E-state index in [4.69, 9.17) is 9.47 Å². The van der Waals surface area contributed by atoms with Crippen molar-refractivity contribution in [1.82, 2.24) is 9.38 Å². The smallest absolute Gasteiger partial charge is 0.300 e. The fourth-order valence-electron chi connectivity index (χ4n) is 8.30. The van der Waals surface area contributed by atoms with Gasteiger partial charge >= 0.3 is 0 Å². The van der Waals surface area contributed by atoms with Crippen LogP contribution in [-0.4, -0.2) is 134 Å². The summed E-state index contributed by atoms with van der Waals surface area (Å²) >= 11 is 2.06. The second kappa shape index (κ2) is 29.4. The Labute approximate surface area is 533 Å². The lowest BCUT2D eigenvalue weighted by Gasteiger charge is -2.13. The molecule has 0 radical (unpaired) electrons. The number of thioether (sulfide) groups is 2. The van der Waals surface area contributed by atoms with Gasteiger partial charge in [-0.2, -0.15) is 57.6 Å². The van der Waals surface area contributed by atoms with Crippen LogP contribution in [0.25, 0.3) is 16.7 Å². The third-order valence-electron chi connectivity index (χ3n) is 12.4. The van der Waals surface area contributed by atoms with Crippen LogP contribution in [0.15, 0.2) is 133 Å². The second-order valence-corrected chi connectivity index (χ2v) is 29.1. The van der Waals surface area contributed by atoms with Crippen LogP contribution in [-0.2, 0) is 60.2 Å². The van der Waals surface area contributed by atoms with Gasteiger partial charge in [0.15, 0.2) is 16.2 Å². The van der Waals surface area contributed by atoms with Gasteiger partial charge in [-0.1, -0.05) is 0 Å². The maximum Gasteiger partial charge on any atom is 0.300 e. The zero-order chi connectivity index (χ0) is 67.7. The van der Waals surface area contributed by atoms with E-state index < -0.39 is 95.3 Å². The number of aryl methyl sites for hydroxylation is 1. The number of anilines is 2. The highest BCUT2D eigenvalue weighted by Gasteiger charge is 2.28. The number of pyridine rings is 1. The summed E-state index contributed by atoms with van der Waals surface area (Å²) in [6.45, 7) is 4.98. The summed E-state index contributed by atoms with van der Waals surface area (Å²) in [6.07, 6.45) is -0.394. The molecule has 0 bridgehead atoms. The first kappa shape index (κ1) is 71.0. The predicted octanol–water partition coefficient (Wildman–Crippen LogP) is 11.2. The summed E-state index contributed by atoms with van der Waals surface area (Å²) < 4.78 is 178. The summed E-state index contributed by atoms with van der Waals surface area (Å²) in [5, 5.41) is 62.1. The average molecular weight is 1400 g/mol. The Bertz CT molecular complexity index is 4850. The van der Waals surface area contributed by atoms with Crippen LogP contribution in [0.2, 0.25) is 0 Å². The Balaban J connectivity index is 1.34. The van der Waals surface area contributed by atoms with Crippen molar-refractivity contribution in [3.63, 3.8) is 0 Å². The first-order valence-electron chi connectivity index (χ1n) is 26.2. The number of nitrogens with one attached hydrogen (secondary N) is 2. The topological polar surface area (TPSA) is 509 Å². The van der Waals surface area contributed by atoms with Gasteiger partial charge in [0.25, 0.3) is 50.6 Å². The summed E-state index contributed by atoms with van der Waals surface area (Å²) in [7, 11) is -21.6. The van der Waals surface area contributed by atoms with E-state index in [0.717, 1.165) is 47.2 Å². The number of nitrogens with zero attached hydrogens (tertiary/aromatic N) is 11. The lowest BCUT2D eigenvalue weighted by atomic mass is 10.1. The second-order valence-electron chi connectivity index (χ2n) is 19.4. The number of methoxy groups -OCH3 is 1. The summed E-state index contributed by atoms with van der Waals surface area (Å²) in [5.74, 6) is -4.17. The van der Waals surface area contributed by atoms with Crippen molar-refractivity contribution >= 4 is 159 Å². The maximum absolute atomic E-state index is 12.8. The molecule has 0 atom stereocenters. The highest BCUT2D eigenvalue weighted by molar-refractivity contribution is 7.99. The van der Waals surface area contributed by atoms with Gasteiger partial charge in [0, 0.05) is 35.3 Å². The number of imidazole rings is 1. The van der Waals surface area contributed by atoms with Crippen LogP contribution >= 0.6 is 23.5 Å². The Morgan fingerprint density at radius 3 is 1.60 bits per heavy atom. The monoisotopic (exact) mass is 1400 g/mol. The minimum Gasteiger partial charge on any atom is -0.495 e. The molecule has 0 aliphatic heterocycles. The molecule has 92 heavy (non-hydrogen) atoms. The standard InChI is InChI=1S/C52H53N13O20S7/c1-28-21-40(61-64-48-29(2)34(27-53)51-56-49-43(65(51)52(48)68)13-14-44(84-5)50(49)92(81,82)83)45(85-15-6-18-88(69,70)71)24-35(28)58-62-41-23-37(55-31(4)67)39(26-47(41)87-17-8-20-90(75,76)77)60-63-42-22-36(54-30(3)66)38(25-46(42)86-16-7-19-89(72,73)74)59-57-32-9-11-33(12-10-32)91(78,79)80/h9-14,21-26,68H,6-8,15-20H2,1-5H3,(H,54,66)(H,55,67)(H,69,70,71)(H,72,73,74)(H,75,76,77)(H,78,79,80)(H,81,82,83). The number of fused-ring (bicyclic) bond motifs is 3. The first-order chi connectivity index (χ1) is 43.0. The Kier molecular flexibility index (Phi) is 22.7. The van der Waals surface area contributed by atoms with Gasteiger partial charge in [0.2, 0.25) is 17.7 Å². The third-order valence-corrected chi connectivity index (χ3v) is 18.8. The van der Waals surface area contributed by atoms with Crippen LogP contribution < -0.4 is 20.1 Å².